The molecule has 0 heterocycles. The van der Waals surface area contributed by atoms with E-state index in [2.05, 4.69) is 5.48 Å². The van der Waals surface area contributed by atoms with Crippen molar-refractivity contribution >= 4 is 11.9 Å². The fourth-order valence-corrected chi connectivity index (χ4v) is 1.63. The Kier molecular flexibility index (Phi) is 4.32. The number of amides is 1. The number of aryl methyl sites for hydroxylation is 2. The molecule has 0 atom stereocenters. The van der Waals surface area contributed by atoms with Gasteiger partial charge < -0.3 is 5.11 Å². The molecule has 0 spiro atoms. The Morgan fingerprint density at radius 3 is 2.00 bits per heavy atom. The molecule has 1 amide bonds. The number of carboxylic acids is 1. The van der Waals surface area contributed by atoms with Gasteiger partial charge in [0.1, 0.15) is 0 Å². The third-order valence-corrected chi connectivity index (χ3v) is 2.51. The molecule has 0 aliphatic carbocycles. The Bertz CT molecular complexity index is 515. The second-order valence-corrected chi connectivity index (χ2v) is 5.40. The Labute approximate surface area is 112 Å². The molecule has 5 heteroatoms. The van der Waals surface area contributed by atoms with Crippen LogP contribution in [0.15, 0.2) is 12.1 Å². The zero-order chi connectivity index (χ0) is 14.8. The van der Waals surface area contributed by atoms with Crippen molar-refractivity contribution in [1.29, 1.82) is 0 Å². The van der Waals surface area contributed by atoms with Crippen LogP contribution in [-0.4, -0.2) is 22.6 Å². The quantitative estimate of drug-likeness (QED) is 0.823. The molecule has 0 radical (unpaired) electrons. The molecule has 2 N–H and O–H groups in total. The van der Waals surface area contributed by atoms with Crippen LogP contribution < -0.4 is 5.48 Å². The predicted octanol–water partition coefficient (Wildman–Crippen LogP) is 2.46. The molecule has 0 saturated carbocycles. The van der Waals surface area contributed by atoms with Gasteiger partial charge in [0.2, 0.25) is 0 Å². The summed E-state index contributed by atoms with van der Waals surface area (Å²) in [5.74, 6) is -1.67. The molecule has 0 unspecified atom stereocenters. The van der Waals surface area contributed by atoms with E-state index >= 15 is 0 Å². The van der Waals surface area contributed by atoms with Crippen molar-refractivity contribution in [3.63, 3.8) is 0 Å². The lowest BCUT2D eigenvalue weighted by molar-refractivity contribution is -0.0590. The van der Waals surface area contributed by atoms with E-state index in [-0.39, 0.29) is 11.1 Å². The predicted molar refractivity (Wildman–Crippen MR) is 71.2 cm³/mol. The lowest BCUT2D eigenvalue weighted by Crippen LogP contribution is -2.34. The summed E-state index contributed by atoms with van der Waals surface area (Å²) < 4.78 is 0. The molecule has 5 nitrogen and oxygen atoms in total. The minimum Gasteiger partial charge on any atom is -0.478 e. The summed E-state index contributed by atoms with van der Waals surface area (Å²) in [5.41, 5.74) is 3.04. The number of carboxylic acid groups (broad SMARTS) is 1. The second-order valence-electron chi connectivity index (χ2n) is 5.40. The molecule has 0 aliphatic rings. The molecule has 1 aromatic rings. The Hall–Kier alpha value is -1.88. The van der Waals surface area contributed by atoms with Crippen LogP contribution in [0.2, 0.25) is 0 Å². The Morgan fingerprint density at radius 2 is 1.58 bits per heavy atom. The van der Waals surface area contributed by atoms with Crippen LogP contribution in [-0.2, 0) is 4.84 Å². The van der Waals surface area contributed by atoms with Gasteiger partial charge in [0.05, 0.1) is 16.7 Å². The van der Waals surface area contributed by atoms with Gasteiger partial charge in [-0.05, 0) is 45.7 Å². The number of rotatable bonds is 3. The van der Waals surface area contributed by atoms with E-state index in [9.17, 15) is 14.7 Å². The molecule has 0 fully saturated rings. The van der Waals surface area contributed by atoms with Crippen LogP contribution in [0.25, 0.3) is 0 Å². The van der Waals surface area contributed by atoms with Gasteiger partial charge in [0.15, 0.2) is 0 Å². The van der Waals surface area contributed by atoms with Gasteiger partial charge in [0, 0.05) is 0 Å². The molecule has 0 saturated heterocycles. The van der Waals surface area contributed by atoms with Crippen molar-refractivity contribution in [3.05, 3.63) is 34.4 Å². The first-order valence-corrected chi connectivity index (χ1v) is 5.95. The van der Waals surface area contributed by atoms with Gasteiger partial charge in [-0.1, -0.05) is 12.1 Å². The molecule has 0 aliphatic heterocycles. The lowest BCUT2D eigenvalue weighted by Gasteiger charge is -2.20. The van der Waals surface area contributed by atoms with Crippen molar-refractivity contribution in [2.24, 2.45) is 0 Å². The maximum Gasteiger partial charge on any atom is 0.336 e. The summed E-state index contributed by atoms with van der Waals surface area (Å²) in [4.78, 5) is 28.6. The summed E-state index contributed by atoms with van der Waals surface area (Å²) in [7, 11) is 0. The summed E-state index contributed by atoms with van der Waals surface area (Å²) in [6, 6.07) is 3.40. The van der Waals surface area contributed by atoms with Gasteiger partial charge in [-0.2, -0.15) is 0 Å². The van der Waals surface area contributed by atoms with E-state index in [0.717, 1.165) is 0 Å². The molecule has 1 aromatic carbocycles. The van der Waals surface area contributed by atoms with Crippen molar-refractivity contribution in [2.75, 3.05) is 0 Å². The van der Waals surface area contributed by atoms with Crippen LogP contribution in [0.1, 0.15) is 52.6 Å². The molecule has 0 bridgehead atoms. The number of carbonyl (C=O) groups excluding carboxylic acids is 1. The van der Waals surface area contributed by atoms with Crippen molar-refractivity contribution in [1.82, 2.24) is 5.48 Å². The minimum absolute atomic E-state index is 0.00927. The average Bonchev–Trinajstić information content (AvgIpc) is 2.27. The van der Waals surface area contributed by atoms with Crippen LogP contribution in [0, 0.1) is 13.8 Å². The van der Waals surface area contributed by atoms with Gasteiger partial charge in [-0.25, -0.2) is 10.3 Å². The molecular formula is C14H19NO4. The SMILES string of the molecule is Cc1ccc(C)c(C(=O)NOC(C)(C)C)c1C(=O)O. The van der Waals surface area contributed by atoms with Gasteiger partial charge in [-0.15, -0.1) is 0 Å². The third-order valence-electron chi connectivity index (χ3n) is 2.51. The van der Waals surface area contributed by atoms with Crippen LogP contribution >= 0.6 is 0 Å². The first-order chi connectivity index (χ1) is 8.63. The molecule has 0 aromatic heterocycles. The van der Waals surface area contributed by atoms with E-state index in [0.29, 0.717) is 11.1 Å². The number of aromatic carboxylic acids is 1. The van der Waals surface area contributed by atoms with E-state index < -0.39 is 17.5 Å². The minimum atomic E-state index is -1.12. The van der Waals surface area contributed by atoms with Gasteiger partial charge in [-0.3, -0.25) is 9.63 Å². The fourth-order valence-electron chi connectivity index (χ4n) is 1.63. The summed E-state index contributed by atoms with van der Waals surface area (Å²) in [6.07, 6.45) is 0. The Balaban J connectivity index is 3.15. The lowest BCUT2D eigenvalue weighted by atomic mass is 9.97. The highest BCUT2D eigenvalue weighted by atomic mass is 16.7. The van der Waals surface area contributed by atoms with Crippen molar-refractivity contribution in [2.45, 2.75) is 40.2 Å². The number of hydrogen-bond acceptors (Lipinski definition) is 3. The van der Waals surface area contributed by atoms with E-state index in [1.165, 1.54) is 0 Å². The van der Waals surface area contributed by atoms with Gasteiger partial charge in [0.25, 0.3) is 5.91 Å². The highest BCUT2D eigenvalue weighted by Crippen LogP contribution is 2.19. The first-order valence-electron chi connectivity index (χ1n) is 5.95. The zero-order valence-corrected chi connectivity index (χ0v) is 11.8. The number of benzene rings is 1. The zero-order valence-electron chi connectivity index (χ0n) is 11.8. The molecule has 104 valence electrons. The molecular weight excluding hydrogens is 246 g/mol. The topological polar surface area (TPSA) is 75.6 Å². The second kappa shape index (κ2) is 5.40. The molecule has 19 heavy (non-hydrogen) atoms. The van der Waals surface area contributed by atoms with E-state index in [1.807, 2.05) is 0 Å². The number of carbonyl (C=O) groups is 2. The first kappa shape index (κ1) is 15.2. The number of hydrogen-bond donors (Lipinski definition) is 2. The average molecular weight is 265 g/mol. The summed E-state index contributed by atoms with van der Waals surface area (Å²) in [5, 5.41) is 9.23. The summed E-state index contributed by atoms with van der Waals surface area (Å²) in [6.45, 7) is 8.71. The standard InChI is InChI=1S/C14H19NO4/c1-8-6-7-9(2)11(13(17)18)10(8)12(16)15-19-14(3,4)5/h6-7H,1-5H3,(H,15,16)(H,17,18). The highest BCUT2D eigenvalue weighted by molar-refractivity contribution is 6.06. The van der Waals surface area contributed by atoms with E-state index in [4.69, 9.17) is 4.84 Å². The van der Waals surface area contributed by atoms with Crippen LogP contribution in [0.4, 0.5) is 0 Å². The number of hydroxylamine groups is 1. The van der Waals surface area contributed by atoms with Crippen molar-refractivity contribution < 1.29 is 19.5 Å². The maximum atomic E-state index is 12.1. The largest absolute Gasteiger partial charge is 0.478 e. The molecule has 1 rings (SSSR count). The maximum absolute atomic E-state index is 12.1. The highest BCUT2D eigenvalue weighted by Gasteiger charge is 2.22. The van der Waals surface area contributed by atoms with Crippen molar-refractivity contribution in [3.8, 4) is 0 Å². The Morgan fingerprint density at radius 1 is 1.11 bits per heavy atom. The third kappa shape index (κ3) is 3.79. The van der Waals surface area contributed by atoms with E-state index in [1.54, 1.807) is 46.8 Å². The van der Waals surface area contributed by atoms with Crippen LogP contribution in [0.5, 0.6) is 0 Å². The number of nitrogens with one attached hydrogen (secondary N) is 1. The van der Waals surface area contributed by atoms with Gasteiger partial charge >= 0.3 is 5.97 Å². The fraction of sp³-hybridized carbons (Fsp3) is 0.429. The smallest absolute Gasteiger partial charge is 0.336 e. The van der Waals surface area contributed by atoms with Crippen LogP contribution in [0.3, 0.4) is 0 Å². The normalized spacial score (nSPS) is 11.2. The monoisotopic (exact) mass is 265 g/mol. The summed E-state index contributed by atoms with van der Waals surface area (Å²) >= 11 is 0.